The number of carbonyl (C=O) groups excluding carboxylic acids is 1. The minimum Gasteiger partial charge on any atom is -0.340 e. The van der Waals surface area contributed by atoms with Crippen molar-refractivity contribution in [2.24, 2.45) is 5.92 Å². The second-order valence-electron chi connectivity index (χ2n) is 6.44. The van der Waals surface area contributed by atoms with Crippen LogP contribution in [0.2, 0.25) is 0 Å². The maximum absolute atomic E-state index is 12.5. The number of piperidine rings is 1. The predicted molar refractivity (Wildman–Crippen MR) is 74.7 cm³/mol. The standard InChI is InChI=1S/C13H24N2O3S/c1-13(2)10-15(7-8-19(13,17)18)12(16)11-5-4-6-14(3)9-11/h11H,4-10H2,1-3H3/t11-/m0/s1. The quantitative estimate of drug-likeness (QED) is 0.699. The van der Waals surface area contributed by atoms with Crippen LogP contribution < -0.4 is 0 Å². The first-order chi connectivity index (χ1) is 8.73. The third-order valence-corrected chi connectivity index (χ3v) is 6.86. The summed E-state index contributed by atoms with van der Waals surface area (Å²) >= 11 is 0. The summed E-state index contributed by atoms with van der Waals surface area (Å²) in [6.07, 6.45) is 1.97. The second-order valence-corrected chi connectivity index (χ2v) is 9.18. The van der Waals surface area contributed by atoms with Crippen molar-refractivity contribution in [2.75, 3.05) is 39.0 Å². The van der Waals surface area contributed by atoms with Crippen LogP contribution in [0.15, 0.2) is 0 Å². The van der Waals surface area contributed by atoms with Crippen molar-refractivity contribution in [2.45, 2.75) is 31.4 Å². The lowest BCUT2D eigenvalue weighted by molar-refractivity contribution is -0.137. The average molecular weight is 288 g/mol. The molecule has 0 aromatic carbocycles. The first-order valence-electron chi connectivity index (χ1n) is 6.92. The van der Waals surface area contributed by atoms with Crippen molar-refractivity contribution in [3.63, 3.8) is 0 Å². The van der Waals surface area contributed by atoms with Crippen molar-refractivity contribution in [1.29, 1.82) is 0 Å². The molecule has 0 aliphatic carbocycles. The van der Waals surface area contributed by atoms with Crippen molar-refractivity contribution < 1.29 is 13.2 Å². The minimum atomic E-state index is -3.07. The summed E-state index contributed by atoms with van der Waals surface area (Å²) in [7, 11) is -1.04. The molecule has 0 radical (unpaired) electrons. The van der Waals surface area contributed by atoms with E-state index < -0.39 is 14.6 Å². The number of hydrogen-bond acceptors (Lipinski definition) is 4. The average Bonchev–Trinajstić information content (AvgIpc) is 2.32. The Balaban J connectivity index is 2.05. The minimum absolute atomic E-state index is 0.0374. The summed E-state index contributed by atoms with van der Waals surface area (Å²) in [5.41, 5.74) is 0. The molecule has 19 heavy (non-hydrogen) atoms. The van der Waals surface area contributed by atoms with Gasteiger partial charge in [0.05, 0.1) is 16.4 Å². The van der Waals surface area contributed by atoms with Crippen LogP contribution >= 0.6 is 0 Å². The lowest BCUT2D eigenvalue weighted by atomic mass is 9.96. The molecule has 0 spiro atoms. The van der Waals surface area contributed by atoms with E-state index in [2.05, 4.69) is 4.90 Å². The normalized spacial score (nSPS) is 31.1. The van der Waals surface area contributed by atoms with Gasteiger partial charge in [0, 0.05) is 19.6 Å². The zero-order valence-electron chi connectivity index (χ0n) is 12.1. The Morgan fingerprint density at radius 2 is 1.95 bits per heavy atom. The fourth-order valence-electron chi connectivity index (χ4n) is 2.96. The van der Waals surface area contributed by atoms with Gasteiger partial charge in [0.25, 0.3) is 0 Å². The lowest BCUT2D eigenvalue weighted by Crippen LogP contribution is -2.56. The van der Waals surface area contributed by atoms with Crippen LogP contribution in [0.25, 0.3) is 0 Å². The zero-order valence-corrected chi connectivity index (χ0v) is 12.9. The van der Waals surface area contributed by atoms with E-state index in [1.807, 2.05) is 7.05 Å². The highest BCUT2D eigenvalue weighted by Crippen LogP contribution is 2.26. The topological polar surface area (TPSA) is 57.7 Å². The Morgan fingerprint density at radius 3 is 2.53 bits per heavy atom. The third kappa shape index (κ3) is 2.94. The predicted octanol–water partition coefficient (Wildman–Crippen LogP) is 0.364. The largest absolute Gasteiger partial charge is 0.340 e. The molecule has 5 nitrogen and oxygen atoms in total. The number of amides is 1. The van der Waals surface area contributed by atoms with Crippen molar-refractivity contribution in [3.8, 4) is 0 Å². The van der Waals surface area contributed by atoms with Crippen molar-refractivity contribution >= 4 is 15.7 Å². The van der Waals surface area contributed by atoms with Gasteiger partial charge in [-0.25, -0.2) is 8.42 Å². The number of carbonyl (C=O) groups is 1. The summed E-state index contributed by atoms with van der Waals surface area (Å²) in [5.74, 6) is 0.263. The molecule has 0 bridgehead atoms. The maximum atomic E-state index is 12.5. The van der Waals surface area contributed by atoms with Crippen molar-refractivity contribution in [3.05, 3.63) is 0 Å². The highest BCUT2D eigenvalue weighted by molar-refractivity contribution is 7.92. The molecule has 0 N–H and O–H groups in total. The summed E-state index contributed by atoms with van der Waals surface area (Å²) in [4.78, 5) is 16.4. The molecule has 2 aliphatic heterocycles. The van der Waals surface area contributed by atoms with E-state index >= 15 is 0 Å². The summed E-state index contributed by atoms with van der Waals surface area (Å²) in [6.45, 7) is 5.95. The van der Waals surface area contributed by atoms with Gasteiger partial charge in [-0.2, -0.15) is 0 Å². The fraction of sp³-hybridized carbons (Fsp3) is 0.923. The first-order valence-corrected chi connectivity index (χ1v) is 8.58. The van der Waals surface area contributed by atoms with Crippen LogP contribution in [-0.2, 0) is 14.6 Å². The Kier molecular flexibility index (Phi) is 3.93. The van der Waals surface area contributed by atoms with Gasteiger partial charge in [0.2, 0.25) is 5.91 Å². The number of hydrogen-bond donors (Lipinski definition) is 0. The Morgan fingerprint density at radius 1 is 1.26 bits per heavy atom. The molecule has 1 atom stereocenters. The maximum Gasteiger partial charge on any atom is 0.227 e. The van der Waals surface area contributed by atoms with E-state index in [0.717, 1.165) is 25.9 Å². The molecule has 0 unspecified atom stereocenters. The van der Waals surface area contributed by atoms with Crippen LogP contribution in [0.3, 0.4) is 0 Å². The van der Waals surface area contributed by atoms with Gasteiger partial charge in [-0.3, -0.25) is 4.79 Å². The van der Waals surface area contributed by atoms with E-state index in [-0.39, 0.29) is 17.6 Å². The van der Waals surface area contributed by atoms with Crippen LogP contribution in [0, 0.1) is 5.92 Å². The molecule has 1 amide bonds. The molecular weight excluding hydrogens is 264 g/mol. The highest BCUT2D eigenvalue weighted by Gasteiger charge is 2.42. The van der Waals surface area contributed by atoms with Crippen LogP contribution in [0.1, 0.15) is 26.7 Å². The van der Waals surface area contributed by atoms with Gasteiger partial charge in [-0.1, -0.05) is 0 Å². The first kappa shape index (κ1) is 14.8. The monoisotopic (exact) mass is 288 g/mol. The van der Waals surface area contributed by atoms with E-state index in [9.17, 15) is 13.2 Å². The summed E-state index contributed by atoms with van der Waals surface area (Å²) in [5, 5.41) is 0. The number of rotatable bonds is 1. The smallest absolute Gasteiger partial charge is 0.227 e. The number of nitrogens with zero attached hydrogens (tertiary/aromatic N) is 2. The Hall–Kier alpha value is -0.620. The Labute approximate surface area is 115 Å². The van der Waals surface area contributed by atoms with Crippen LogP contribution in [0.4, 0.5) is 0 Å². The molecule has 6 heteroatoms. The molecular formula is C13H24N2O3S. The van der Waals surface area contributed by atoms with E-state index in [0.29, 0.717) is 13.1 Å². The molecule has 0 aromatic heterocycles. The van der Waals surface area contributed by atoms with Gasteiger partial charge >= 0.3 is 0 Å². The molecule has 0 aromatic rings. The van der Waals surface area contributed by atoms with E-state index in [4.69, 9.17) is 0 Å². The van der Waals surface area contributed by atoms with Gasteiger partial charge in [-0.05, 0) is 40.3 Å². The molecule has 2 fully saturated rings. The molecule has 2 rings (SSSR count). The fourth-order valence-corrected chi connectivity index (χ4v) is 4.32. The lowest BCUT2D eigenvalue weighted by Gasteiger charge is -2.40. The second kappa shape index (κ2) is 5.05. The molecule has 110 valence electrons. The van der Waals surface area contributed by atoms with Crippen LogP contribution in [0.5, 0.6) is 0 Å². The number of likely N-dealkylation sites (tertiary alicyclic amines) is 1. The van der Waals surface area contributed by atoms with E-state index in [1.165, 1.54) is 0 Å². The molecule has 2 heterocycles. The van der Waals surface area contributed by atoms with Gasteiger partial charge in [0.15, 0.2) is 9.84 Å². The van der Waals surface area contributed by atoms with Gasteiger partial charge in [0.1, 0.15) is 0 Å². The van der Waals surface area contributed by atoms with Gasteiger partial charge in [-0.15, -0.1) is 0 Å². The molecule has 2 aliphatic rings. The Bertz CT molecular complexity index is 459. The van der Waals surface area contributed by atoms with Crippen molar-refractivity contribution in [1.82, 2.24) is 9.80 Å². The third-order valence-electron chi connectivity index (χ3n) is 4.33. The summed E-state index contributed by atoms with van der Waals surface area (Å²) < 4.78 is 23.1. The van der Waals surface area contributed by atoms with E-state index in [1.54, 1.807) is 18.7 Å². The highest BCUT2D eigenvalue weighted by atomic mass is 32.2. The zero-order chi connectivity index (χ0) is 14.3. The number of sulfone groups is 1. The summed E-state index contributed by atoms with van der Waals surface area (Å²) in [6, 6.07) is 0. The molecule has 0 saturated carbocycles. The SMILES string of the molecule is CN1CCC[C@H](C(=O)N2CCS(=O)(=O)C(C)(C)C2)C1. The molecule has 2 saturated heterocycles. The van der Waals surface area contributed by atoms with Crippen LogP contribution in [-0.4, -0.2) is 67.9 Å². The van der Waals surface area contributed by atoms with Gasteiger partial charge < -0.3 is 9.80 Å².